The number of esters is 1. The Morgan fingerprint density at radius 3 is 2.82 bits per heavy atom. The minimum Gasteiger partial charge on any atom is -0.458 e. The third-order valence-corrected chi connectivity index (χ3v) is 2.11. The molecule has 2 rings (SSSR count). The van der Waals surface area contributed by atoms with Crippen LogP contribution in [0.5, 0.6) is 0 Å². The van der Waals surface area contributed by atoms with Crippen LogP contribution < -0.4 is 5.73 Å². The van der Waals surface area contributed by atoms with Crippen molar-refractivity contribution in [3.05, 3.63) is 42.2 Å². The minimum absolute atomic E-state index is 0.0862. The maximum atomic E-state index is 10.9. The molecule has 0 bridgehead atoms. The highest BCUT2D eigenvalue weighted by atomic mass is 16.5. The van der Waals surface area contributed by atoms with Gasteiger partial charge in [0.15, 0.2) is 0 Å². The van der Waals surface area contributed by atoms with E-state index in [1.807, 2.05) is 30.3 Å². The minimum atomic E-state index is -0.459. The summed E-state index contributed by atoms with van der Waals surface area (Å²) < 4.78 is 6.46. The molecule has 6 heteroatoms. The van der Waals surface area contributed by atoms with Gasteiger partial charge in [0.25, 0.3) is 0 Å². The highest BCUT2D eigenvalue weighted by Crippen LogP contribution is 2.06. The molecule has 0 saturated heterocycles. The number of para-hydroxylation sites is 1. The van der Waals surface area contributed by atoms with E-state index in [1.54, 1.807) is 10.9 Å². The van der Waals surface area contributed by atoms with Crippen molar-refractivity contribution in [1.29, 1.82) is 0 Å². The lowest BCUT2D eigenvalue weighted by Gasteiger charge is -1.99. The van der Waals surface area contributed by atoms with Crippen molar-refractivity contribution in [1.82, 2.24) is 15.0 Å². The number of aromatic nitrogens is 3. The maximum Gasteiger partial charge on any atom is 0.320 e. The molecule has 17 heavy (non-hydrogen) atoms. The van der Waals surface area contributed by atoms with Gasteiger partial charge in [0.1, 0.15) is 12.3 Å². The summed E-state index contributed by atoms with van der Waals surface area (Å²) in [5.74, 6) is -0.459. The van der Waals surface area contributed by atoms with Gasteiger partial charge in [-0.15, -0.1) is 5.10 Å². The molecule has 0 amide bonds. The zero-order valence-corrected chi connectivity index (χ0v) is 9.11. The lowest BCUT2D eigenvalue weighted by Crippen LogP contribution is -2.16. The smallest absolute Gasteiger partial charge is 0.320 e. The topological polar surface area (TPSA) is 83.0 Å². The average Bonchev–Trinajstić information content (AvgIpc) is 2.86. The van der Waals surface area contributed by atoms with Gasteiger partial charge in [-0.2, -0.15) is 0 Å². The summed E-state index contributed by atoms with van der Waals surface area (Å²) in [5, 5.41) is 7.83. The fourth-order valence-corrected chi connectivity index (χ4v) is 1.28. The van der Waals surface area contributed by atoms with Gasteiger partial charge in [-0.25, -0.2) is 4.68 Å². The van der Waals surface area contributed by atoms with Crippen LogP contribution in [0.25, 0.3) is 5.69 Å². The zero-order chi connectivity index (χ0) is 12.1. The molecule has 1 aromatic carbocycles. The quantitative estimate of drug-likeness (QED) is 0.765. The normalized spacial score (nSPS) is 10.2. The number of nitrogens with two attached hydrogens (primary N) is 1. The molecule has 0 aliphatic carbocycles. The second kappa shape index (κ2) is 5.22. The van der Waals surface area contributed by atoms with Crippen molar-refractivity contribution >= 4 is 5.97 Å². The SMILES string of the molecule is NCC(=O)OCc1cn(-c2ccccc2)nn1. The van der Waals surface area contributed by atoms with E-state index < -0.39 is 5.97 Å². The van der Waals surface area contributed by atoms with E-state index in [0.29, 0.717) is 5.69 Å². The van der Waals surface area contributed by atoms with E-state index in [4.69, 9.17) is 10.5 Å². The van der Waals surface area contributed by atoms with E-state index in [2.05, 4.69) is 10.3 Å². The molecule has 0 spiro atoms. The molecule has 0 aliphatic rings. The molecule has 0 atom stereocenters. The Hall–Kier alpha value is -2.21. The molecule has 2 aromatic rings. The van der Waals surface area contributed by atoms with Gasteiger partial charge in [-0.05, 0) is 12.1 Å². The van der Waals surface area contributed by atoms with Crippen LogP contribution in [0.1, 0.15) is 5.69 Å². The van der Waals surface area contributed by atoms with Gasteiger partial charge < -0.3 is 10.5 Å². The van der Waals surface area contributed by atoms with Crippen molar-refractivity contribution in [3.63, 3.8) is 0 Å². The molecule has 88 valence electrons. The van der Waals surface area contributed by atoms with Crippen LogP contribution in [0.3, 0.4) is 0 Å². The Kier molecular flexibility index (Phi) is 3.46. The monoisotopic (exact) mass is 232 g/mol. The van der Waals surface area contributed by atoms with Crippen molar-refractivity contribution in [2.24, 2.45) is 5.73 Å². The van der Waals surface area contributed by atoms with Crippen LogP contribution in [0.2, 0.25) is 0 Å². The van der Waals surface area contributed by atoms with Gasteiger partial charge >= 0.3 is 5.97 Å². The van der Waals surface area contributed by atoms with Crippen molar-refractivity contribution in [3.8, 4) is 5.69 Å². The number of hydrogen-bond acceptors (Lipinski definition) is 5. The number of nitrogens with zero attached hydrogens (tertiary/aromatic N) is 3. The van der Waals surface area contributed by atoms with Crippen LogP contribution in [0.15, 0.2) is 36.5 Å². The highest BCUT2D eigenvalue weighted by Gasteiger charge is 2.05. The molecular formula is C11H12N4O2. The van der Waals surface area contributed by atoms with E-state index >= 15 is 0 Å². The van der Waals surface area contributed by atoms with Gasteiger partial charge in [0.05, 0.1) is 18.4 Å². The molecule has 0 saturated carbocycles. The molecular weight excluding hydrogens is 220 g/mol. The summed E-state index contributed by atoms with van der Waals surface area (Å²) in [5.41, 5.74) is 6.60. The lowest BCUT2D eigenvalue weighted by molar-refractivity contribution is -0.143. The third kappa shape index (κ3) is 2.88. The van der Waals surface area contributed by atoms with Crippen LogP contribution >= 0.6 is 0 Å². The van der Waals surface area contributed by atoms with E-state index in [-0.39, 0.29) is 13.2 Å². The Bertz CT molecular complexity index is 495. The third-order valence-electron chi connectivity index (χ3n) is 2.11. The molecule has 1 heterocycles. The summed E-state index contributed by atoms with van der Waals surface area (Å²) in [6, 6.07) is 9.55. The molecule has 0 fully saturated rings. The molecule has 2 N–H and O–H groups in total. The molecule has 0 unspecified atom stereocenters. The number of hydrogen-bond donors (Lipinski definition) is 1. The van der Waals surface area contributed by atoms with Crippen LogP contribution in [-0.2, 0) is 16.1 Å². The first-order chi connectivity index (χ1) is 8.29. The summed E-state index contributed by atoms with van der Waals surface area (Å²) >= 11 is 0. The zero-order valence-electron chi connectivity index (χ0n) is 9.11. The molecule has 6 nitrogen and oxygen atoms in total. The Morgan fingerprint density at radius 2 is 2.12 bits per heavy atom. The molecule has 0 aliphatic heterocycles. The summed E-state index contributed by atoms with van der Waals surface area (Å²) in [4.78, 5) is 10.9. The van der Waals surface area contributed by atoms with Gasteiger partial charge in [-0.1, -0.05) is 23.4 Å². The molecule has 0 radical (unpaired) electrons. The fourth-order valence-electron chi connectivity index (χ4n) is 1.28. The Labute approximate surface area is 98.0 Å². The summed E-state index contributed by atoms with van der Waals surface area (Å²) in [7, 11) is 0. The Morgan fingerprint density at radius 1 is 1.35 bits per heavy atom. The van der Waals surface area contributed by atoms with E-state index in [1.165, 1.54) is 0 Å². The summed E-state index contributed by atoms with van der Waals surface area (Å²) in [6.45, 7) is -0.0459. The summed E-state index contributed by atoms with van der Waals surface area (Å²) in [6.07, 6.45) is 1.71. The largest absolute Gasteiger partial charge is 0.458 e. The number of carbonyl (C=O) groups is 1. The van der Waals surface area contributed by atoms with Gasteiger partial charge in [0, 0.05) is 0 Å². The Balaban J connectivity index is 2.04. The van der Waals surface area contributed by atoms with Crippen LogP contribution in [-0.4, -0.2) is 27.5 Å². The predicted octanol–water partition coefficient (Wildman–Crippen LogP) is 0.269. The molecule has 1 aromatic heterocycles. The second-order valence-electron chi connectivity index (χ2n) is 3.35. The average molecular weight is 232 g/mol. The first-order valence-electron chi connectivity index (χ1n) is 5.12. The van der Waals surface area contributed by atoms with Crippen LogP contribution in [0.4, 0.5) is 0 Å². The lowest BCUT2D eigenvalue weighted by atomic mass is 10.3. The van der Waals surface area contributed by atoms with Gasteiger partial charge in [-0.3, -0.25) is 4.79 Å². The highest BCUT2D eigenvalue weighted by molar-refractivity contribution is 5.71. The van der Waals surface area contributed by atoms with Gasteiger partial charge in [0.2, 0.25) is 0 Å². The fraction of sp³-hybridized carbons (Fsp3) is 0.182. The number of benzene rings is 1. The number of rotatable bonds is 4. The van der Waals surface area contributed by atoms with Crippen molar-refractivity contribution in [2.75, 3.05) is 6.54 Å². The van der Waals surface area contributed by atoms with Crippen molar-refractivity contribution in [2.45, 2.75) is 6.61 Å². The number of ether oxygens (including phenoxy) is 1. The number of carbonyl (C=O) groups excluding carboxylic acids is 1. The first-order valence-corrected chi connectivity index (χ1v) is 5.12. The second-order valence-corrected chi connectivity index (χ2v) is 3.35. The standard InChI is InChI=1S/C11H12N4O2/c12-6-11(16)17-8-9-7-15(14-13-9)10-4-2-1-3-5-10/h1-5,7H,6,8,12H2. The maximum absolute atomic E-state index is 10.9. The predicted molar refractivity (Wildman–Crippen MR) is 60.2 cm³/mol. The first kappa shape index (κ1) is 11.3. The van der Waals surface area contributed by atoms with Crippen molar-refractivity contribution < 1.29 is 9.53 Å². The van der Waals surface area contributed by atoms with Crippen LogP contribution in [0, 0.1) is 0 Å². The van der Waals surface area contributed by atoms with E-state index in [9.17, 15) is 4.79 Å². The van der Waals surface area contributed by atoms with E-state index in [0.717, 1.165) is 5.69 Å².